The summed E-state index contributed by atoms with van der Waals surface area (Å²) in [5.74, 6) is 2.37. The minimum absolute atomic E-state index is 0.508. The molecule has 0 unspecified atom stereocenters. The van der Waals surface area contributed by atoms with Gasteiger partial charge in [-0.25, -0.2) is 0 Å². The molecule has 0 aromatic heterocycles. The van der Waals surface area contributed by atoms with E-state index in [2.05, 4.69) is 52.4 Å². The molecule has 0 heterocycles. The Morgan fingerprint density at radius 3 is 2.30 bits per heavy atom. The molecule has 0 fully saturated rings. The molecule has 0 spiro atoms. The highest BCUT2D eigenvalue weighted by atomic mass is 79.9. The van der Waals surface area contributed by atoms with E-state index in [4.69, 9.17) is 14.2 Å². The van der Waals surface area contributed by atoms with Crippen LogP contribution in [-0.2, 0) is 19.7 Å². The van der Waals surface area contributed by atoms with E-state index >= 15 is 0 Å². The van der Waals surface area contributed by atoms with E-state index < -0.39 is 0 Å². The van der Waals surface area contributed by atoms with Gasteiger partial charge in [0.25, 0.3) is 0 Å². The molecule has 0 saturated carbocycles. The Labute approximate surface area is 187 Å². The van der Waals surface area contributed by atoms with E-state index in [1.54, 1.807) is 7.11 Å². The van der Waals surface area contributed by atoms with Crippen molar-refractivity contribution >= 4 is 15.9 Å². The summed E-state index contributed by atoms with van der Waals surface area (Å²) in [4.78, 5) is 0. The van der Waals surface area contributed by atoms with Crippen molar-refractivity contribution in [1.29, 1.82) is 0 Å². The Bertz CT molecular complexity index is 957. The Balaban J connectivity index is 1.66. The summed E-state index contributed by atoms with van der Waals surface area (Å²) >= 11 is 3.69. The molecule has 4 nitrogen and oxygen atoms in total. The fraction of sp³-hybridized carbons (Fsp3) is 0.280. The van der Waals surface area contributed by atoms with Crippen LogP contribution in [0.4, 0.5) is 0 Å². The zero-order chi connectivity index (χ0) is 21.3. The van der Waals surface area contributed by atoms with Gasteiger partial charge in [-0.15, -0.1) is 0 Å². The number of hydrogen-bond donors (Lipinski definition) is 1. The summed E-state index contributed by atoms with van der Waals surface area (Å²) in [6.45, 7) is 6.65. The maximum absolute atomic E-state index is 6.10. The molecule has 0 aliphatic rings. The van der Waals surface area contributed by atoms with Gasteiger partial charge in [-0.2, -0.15) is 0 Å². The smallest absolute Gasteiger partial charge is 0.162 e. The van der Waals surface area contributed by atoms with Crippen LogP contribution in [0.15, 0.2) is 65.1 Å². The summed E-state index contributed by atoms with van der Waals surface area (Å²) in [6, 6.07) is 20.4. The van der Waals surface area contributed by atoms with Crippen molar-refractivity contribution in [2.45, 2.75) is 33.5 Å². The van der Waals surface area contributed by atoms with Crippen molar-refractivity contribution in [2.24, 2.45) is 0 Å². The van der Waals surface area contributed by atoms with Gasteiger partial charge in [0.15, 0.2) is 11.5 Å². The van der Waals surface area contributed by atoms with Gasteiger partial charge >= 0.3 is 0 Å². The fourth-order valence-electron chi connectivity index (χ4n) is 3.11. The second-order valence-corrected chi connectivity index (χ2v) is 7.84. The number of nitrogens with one attached hydrogen (secondary N) is 1. The first kappa shape index (κ1) is 22.2. The first-order valence-electron chi connectivity index (χ1n) is 10.1. The lowest BCUT2D eigenvalue weighted by Gasteiger charge is -2.16. The van der Waals surface area contributed by atoms with Crippen LogP contribution in [0.25, 0.3) is 0 Å². The number of methoxy groups -OCH3 is 1. The average Bonchev–Trinajstić information content (AvgIpc) is 2.76. The number of aryl methyl sites for hydroxylation is 1. The lowest BCUT2D eigenvalue weighted by Crippen LogP contribution is -2.13. The number of benzene rings is 3. The highest BCUT2D eigenvalue weighted by Gasteiger charge is 2.12. The highest BCUT2D eigenvalue weighted by molar-refractivity contribution is 9.10. The number of rotatable bonds is 10. The molecule has 0 saturated heterocycles. The second kappa shape index (κ2) is 11.0. The standard InChI is InChI=1S/C25H28BrNO3/c1-4-29-24-13-21(16-27-15-19-9-11-22(28-3)12-10-19)23(26)14-25(24)30-17-20-8-6-5-7-18(20)2/h5-14,27H,4,15-17H2,1-3H3. The van der Waals surface area contributed by atoms with E-state index in [9.17, 15) is 0 Å². The Morgan fingerprint density at radius 1 is 0.867 bits per heavy atom. The van der Waals surface area contributed by atoms with Gasteiger partial charge in [-0.3, -0.25) is 0 Å². The maximum Gasteiger partial charge on any atom is 0.162 e. The van der Waals surface area contributed by atoms with Crippen LogP contribution in [0.1, 0.15) is 29.2 Å². The van der Waals surface area contributed by atoms with Gasteiger partial charge < -0.3 is 19.5 Å². The van der Waals surface area contributed by atoms with E-state index in [1.807, 2.05) is 43.3 Å². The molecule has 1 N–H and O–H groups in total. The molecule has 5 heteroatoms. The molecule has 3 aromatic carbocycles. The highest BCUT2D eigenvalue weighted by Crippen LogP contribution is 2.34. The molecule has 0 aliphatic heterocycles. The molecule has 158 valence electrons. The molecule has 3 rings (SSSR count). The Hall–Kier alpha value is -2.50. The van der Waals surface area contributed by atoms with Crippen LogP contribution in [0, 0.1) is 6.92 Å². The van der Waals surface area contributed by atoms with Crippen LogP contribution in [0.5, 0.6) is 17.2 Å². The summed E-state index contributed by atoms with van der Waals surface area (Å²) in [5, 5.41) is 3.48. The zero-order valence-electron chi connectivity index (χ0n) is 17.7. The zero-order valence-corrected chi connectivity index (χ0v) is 19.3. The fourth-order valence-corrected chi connectivity index (χ4v) is 3.57. The van der Waals surface area contributed by atoms with Gasteiger partial charge in [-0.05, 0) is 60.4 Å². The molecular weight excluding hydrogens is 442 g/mol. The number of hydrogen-bond acceptors (Lipinski definition) is 4. The second-order valence-electron chi connectivity index (χ2n) is 6.99. The molecule has 0 atom stereocenters. The summed E-state index contributed by atoms with van der Waals surface area (Å²) in [7, 11) is 1.68. The topological polar surface area (TPSA) is 39.7 Å². The lowest BCUT2D eigenvalue weighted by molar-refractivity contribution is 0.268. The third-order valence-electron chi connectivity index (χ3n) is 4.86. The van der Waals surface area contributed by atoms with Crippen molar-refractivity contribution in [2.75, 3.05) is 13.7 Å². The van der Waals surface area contributed by atoms with Crippen molar-refractivity contribution in [3.8, 4) is 17.2 Å². The van der Waals surface area contributed by atoms with Crippen molar-refractivity contribution in [3.63, 3.8) is 0 Å². The molecule has 3 aromatic rings. The van der Waals surface area contributed by atoms with E-state index in [0.29, 0.717) is 19.8 Å². The van der Waals surface area contributed by atoms with Crippen molar-refractivity contribution < 1.29 is 14.2 Å². The quantitative estimate of drug-likeness (QED) is 0.393. The molecule has 0 aliphatic carbocycles. The molecule has 30 heavy (non-hydrogen) atoms. The predicted molar refractivity (Wildman–Crippen MR) is 124 cm³/mol. The third kappa shape index (κ3) is 6.00. The SMILES string of the molecule is CCOc1cc(CNCc2ccc(OC)cc2)c(Br)cc1OCc1ccccc1C. The minimum atomic E-state index is 0.508. The summed E-state index contributed by atoms with van der Waals surface area (Å²) in [5.41, 5.74) is 4.71. The monoisotopic (exact) mass is 469 g/mol. The van der Waals surface area contributed by atoms with Crippen molar-refractivity contribution in [3.05, 3.63) is 87.4 Å². The molecular formula is C25H28BrNO3. The largest absolute Gasteiger partial charge is 0.497 e. The number of halogens is 1. The third-order valence-corrected chi connectivity index (χ3v) is 5.60. The van der Waals surface area contributed by atoms with E-state index in [0.717, 1.165) is 33.8 Å². The maximum atomic E-state index is 6.10. The predicted octanol–water partition coefficient (Wildman–Crippen LogP) is 6.03. The van der Waals surface area contributed by atoms with Crippen LogP contribution < -0.4 is 19.5 Å². The normalized spacial score (nSPS) is 10.7. The first-order valence-corrected chi connectivity index (χ1v) is 10.9. The van der Waals surface area contributed by atoms with Gasteiger partial charge in [0.1, 0.15) is 12.4 Å². The van der Waals surface area contributed by atoms with Crippen molar-refractivity contribution in [1.82, 2.24) is 5.32 Å². The Morgan fingerprint density at radius 2 is 1.60 bits per heavy atom. The minimum Gasteiger partial charge on any atom is -0.497 e. The lowest BCUT2D eigenvalue weighted by atomic mass is 10.1. The van der Waals surface area contributed by atoms with E-state index in [-0.39, 0.29) is 0 Å². The van der Waals surface area contributed by atoms with Crippen LogP contribution in [-0.4, -0.2) is 13.7 Å². The summed E-state index contributed by atoms with van der Waals surface area (Å²) < 4.78 is 18.2. The Kier molecular flexibility index (Phi) is 8.17. The summed E-state index contributed by atoms with van der Waals surface area (Å²) in [6.07, 6.45) is 0. The van der Waals surface area contributed by atoms with Crippen LogP contribution in [0.2, 0.25) is 0 Å². The van der Waals surface area contributed by atoms with Gasteiger partial charge in [0.2, 0.25) is 0 Å². The molecule has 0 amide bonds. The van der Waals surface area contributed by atoms with Crippen LogP contribution >= 0.6 is 15.9 Å². The van der Waals surface area contributed by atoms with Gasteiger partial charge in [0, 0.05) is 17.6 Å². The van der Waals surface area contributed by atoms with Crippen LogP contribution in [0.3, 0.4) is 0 Å². The van der Waals surface area contributed by atoms with E-state index in [1.165, 1.54) is 16.7 Å². The van der Waals surface area contributed by atoms with Gasteiger partial charge in [-0.1, -0.05) is 52.3 Å². The van der Waals surface area contributed by atoms with Gasteiger partial charge in [0.05, 0.1) is 13.7 Å². The first-order chi connectivity index (χ1) is 14.6. The molecule has 0 radical (unpaired) electrons. The average molecular weight is 470 g/mol. The molecule has 0 bridgehead atoms. The number of ether oxygens (including phenoxy) is 3.